The molecule has 0 saturated carbocycles. The number of amides is 1. The normalized spacial score (nSPS) is 10.7. The number of aromatic hydroxyl groups is 1. The minimum Gasteiger partial charge on any atom is -0.507 e. The first kappa shape index (κ1) is 15.3. The van der Waals surface area contributed by atoms with Crippen LogP contribution in [0.3, 0.4) is 0 Å². The fourth-order valence-corrected chi connectivity index (χ4v) is 3.27. The average molecular weight is 347 g/mol. The van der Waals surface area contributed by atoms with Crippen LogP contribution in [0.5, 0.6) is 5.75 Å². The second-order valence-corrected chi connectivity index (χ2v) is 6.31. The number of rotatable bonds is 3. The number of hydrogen-bond donors (Lipinski definition) is 2. The lowest BCUT2D eigenvalue weighted by atomic mass is 10.1. The summed E-state index contributed by atoms with van der Waals surface area (Å²) in [6, 6.07) is 14.6. The lowest BCUT2D eigenvalue weighted by molar-refractivity contribution is 0.102. The molecule has 0 saturated heterocycles. The molecule has 0 aliphatic carbocycles. The Morgan fingerprint density at radius 1 is 1.08 bits per heavy atom. The number of benzene rings is 2. The van der Waals surface area contributed by atoms with Crippen LogP contribution >= 0.6 is 11.3 Å². The molecule has 5 nitrogen and oxygen atoms in total. The summed E-state index contributed by atoms with van der Waals surface area (Å²) in [5.74, 6) is -0.449. The summed E-state index contributed by atoms with van der Waals surface area (Å²) in [5, 5.41) is 17.0. The molecule has 0 bridgehead atoms. The molecule has 0 atom stereocenters. The van der Waals surface area contributed by atoms with E-state index >= 15 is 0 Å². The van der Waals surface area contributed by atoms with Gasteiger partial charge in [-0.1, -0.05) is 24.3 Å². The van der Waals surface area contributed by atoms with Crippen molar-refractivity contribution in [1.82, 2.24) is 9.97 Å². The van der Waals surface area contributed by atoms with E-state index in [0.717, 1.165) is 22.0 Å². The number of pyridine rings is 1. The van der Waals surface area contributed by atoms with Gasteiger partial charge in [0, 0.05) is 23.3 Å². The van der Waals surface area contributed by atoms with Gasteiger partial charge >= 0.3 is 0 Å². The maximum Gasteiger partial charge on any atom is 0.261 e. The molecule has 0 fully saturated rings. The Balaban J connectivity index is 1.60. The second kappa shape index (κ2) is 6.33. The summed E-state index contributed by atoms with van der Waals surface area (Å²) in [6.45, 7) is 0. The molecule has 2 aromatic heterocycles. The Morgan fingerprint density at radius 2 is 1.88 bits per heavy atom. The highest BCUT2D eigenvalue weighted by Gasteiger charge is 2.14. The minimum atomic E-state index is -0.393. The Hall–Kier alpha value is -3.25. The third-order valence-electron chi connectivity index (χ3n) is 3.79. The van der Waals surface area contributed by atoms with Crippen molar-refractivity contribution in [2.24, 2.45) is 0 Å². The largest absolute Gasteiger partial charge is 0.507 e. The first-order valence-corrected chi connectivity index (χ1v) is 8.48. The van der Waals surface area contributed by atoms with Crippen molar-refractivity contribution in [2.45, 2.75) is 0 Å². The van der Waals surface area contributed by atoms with E-state index in [9.17, 15) is 9.90 Å². The van der Waals surface area contributed by atoms with E-state index in [0.29, 0.717) is 5.13 Å². The lowest BCUT2D eigenvalue weighted by Gasteiger charge is -2.06. The van der Waals surface area contributed by atoms with E-state index in [1.807, 2.05) is 41.8 Å². The summed E-state index contributed by atoms with van der Waals surface area (Å²) in [5.41, 5.74) is 1.85. The number of hydrogen-bond acceptors (Lipinski definition) is 5. The van der Waals surface area contributed by atoms with E-state index in [-0.39, 0.29) is 11.3 Å². The zero-order valence-corrected chi connectivity index (χ0v) is 13.8. The van der Waals surface area contributed by atoms with E-state index < -0.39 is 5.91 Å². The highest BCUT2D eigenvalue weighted by Crippen LogP contribution is 2.28. The van der Waals surface area contributed by atoms with Crippen molar-refractivity contribution in [3.8, 4) is 17.0 Å². The number of carbonyl (C=O) groups excluding carboxylic acids is 1. The van der Waals surface area contributed by atoms with E-state index in [1.165, 1.54) is 11.3 Å². The molecule has 0 radical (unpaired) electrons. The second-order valence-electron chi connectivity index (χ2n) is 5.45. The van der Waals surface area contributed by atoms with Gasteiger partial charge in [-0.3, -0.25) is 15.1 Å². The minimum absolute atomic E-state index is 0.0553. The van der Waals surface area contributed by atoms with Crippen LogP contribution in [0.1, 0.15) is 10.4 Å². The molecule has 0 unspecified atom stereocenters. The molecular formula is C19H13N3O2S. The standard InChI is InChI=1S/C19H13N3O2S/c23-17-9-13-5-2-1-4-12(13)8-15(17)18(24)22-19-21-16(11-25-19)14-6-3-7-20-10-14/h1-11,23H,(H,21,22,24). The van der Waals surface area contributed by atoms with Gasteiger partial charge in [-0.2, -0.15) is 0 Å². The van der Waals surface area contributed by atoms with Crippen molar-refractivity contribution in [1.29, 1.82) is 0 Å². The maximum atomic E-state index is 12.5. The van der Waals surface area contributed by atoms with Crippen LogP contribution in [0.2, 0.25) is 0 Å². The molecule has 0 spiro atoms. The van der Waals surface area contributed by atoms with Crippen LogP contribution in [-0.4, -0.2) is 21.0 Å². The van der Waals surface area contributed by atoms with E-state index in [1.54, 1.807) is 24.5 Å². The number of nitrogens with zero attached hydrogens (tertiary/aromatic N) is 2. The Labute approximate surface area is 147 Å². The molecule has 2 aromatic carbocycles. The van der Waals surface area contributed by atoms with Crippen LogP contribution in [-0.2, 0) is 0 Å². The van der Waals surface area contributed by atoms with Gasteiger partial charge in [0.1, 0.15) is 5.75 Å². The summed E-state index contributed by atoms with van der Waals surface area (Å²) < 4.78 is 0. The van der Waals surface area contributed by atoms with Gasteiger partial charge in [0.25, 0.3) is 5.91 Å². The predicted molar refractivity (Wildman–Crippen MR) is 98.9 cm³/mol. The fourth-order valence-electron chi connectivity index (χ4n) is 2.55. The SMILES string of the molecule is O=C(Nc1nc(-c2cccnc2)cs1)c1cc2ccccc2cc1O. The fraction of sp³-hybridized carbons (Fsp3) is 0. The van der Waals surface area contributed by atoms with Crippen molar-refractivity contribution < 1.29 is 9.90 Å². The van der Waals surface area contributed by atoms with Crippen LogP contribution in [0, 0.1) is 0 Å². The molecule has 4 aromatic rings. The molecule has 2 heterocycles. The van der Waals surface area contributed by atoms with Crippen LogP contribution < -0.4 is 5.32 Å². The zero-order valence-electron chi connectivity index (χ0n) is 13.0. The summed E-state index contributed by atoms with van der Waals surface area (Å²) in [6.07, 6.45) is 3.41. The molecule has 6 heteroatoms. The highest BCUT2D eigenvalue weighted by molar-refractivity contribution is 7.14. The van der Waals surface area contributed by atoms with Crippen molar-refractivity contribution in [2.75, 3.05) is 5.32 Å². The van der Waals surface area contributed by atoms with Crippen LogP contribution in [0.25, 0.3) is 22.0 Å². The van der Waals surface area contributed by atoms with Gasteiger partial charge in [-0.15, -0.1) is 11.3 Å². The Bertz CT molecular complexity index is 1060. The highest BCUT2D eigenvalue weighted by atomic mass is 32.1. The summed E-state index contributed by atoms with van der Waals surface area (Å²) >= 11 is 1.32. The van der Waals surface area contributed by atoms with E-state index in [4.69, 9.17) is 0 Å². The molecular weight excluding hydrogens is 334 g/mol. The number of carbonyl (C=O) groups is 1. The van der Waals surface area contributed by atoms with Gasteiger partial charge in [0.2, 0.25) is 0 Å². The number of phenols is 1. The molecule has 4 rings (SSSR count). The van der Waals surface area contributed by atoms with Crippen molar-refractivity contribution in [3.63, 3.8) is 0 Å². The molecule has 0 aliphatic heterocycles. The molecule has 122 valence electrons. The third-order valence-corrected chi connectivity index (χ3v) is 4.55. The quantitative estimate of drug-likeness (QED) is 0.579. The van der Waals surface area contributed by atoms with Gasteiger partial charge in [0.15, 0.2) is 5.13 Å². The monoisotopic (exact) mass is 347 g/mol. The predicted octanol–water partition coefficient (Wildman–Crippen LogP) is 4.32. The molecule has 2 N–H and O–H groups in total. The van der Waals surface area contributed by atoms with Gasteiger partial charge in [0.05, 0.1) is 11.3 Å². The Kier molecular flexibility index (Phi) is 3.87. The summed E-state index contributed by atoms with van der Waals surface area (Å²) in [7, 11) is 0. The third kappa shape index (κ3) is 3.07. The smallest absolute Gasteiger partial charge is 0.261 e. The van der Waals surface area contributed by atoms with Gasteiger partial charge < -0.3 is 5.11 Å². The van der Waals surface area contributed by atoms with Gasteiger partial charge in [-0.05, 0) is 35.0 Å². The van der Waals surface area contributed by atoms with Crippen molar-refractivity contribution >= 4 is 33.1 Å². The number of fused-ring (bicyclic) bond motifs is 1. The number of anilines is 1. The molecule has 0 aliphatic rings. The number of phenolic OH excluding ortho intramolecular Hbond substituents is 1. The van der Waals surface area contributed by atoms with Crippen LogP contribution in [0.15, 0.2) is 66.3 Å². The summed E-state index contributed by atoms with van der Waals surface area (Å²) in [4.78, 5) is 21.0. The lowest BCUT2D eigenvalue weighted by Crippen LogP contribution is -2.12. The van der Waals surface area contributed by atoms with E-state index in [2.05, 4.69) is 15.3 Å². The molecule has 25 heavy (non-hydrogen) atoms. The average Bonchev–Trinajstić information content (AvgIpc) is 3.10. The number of nitrogens with one attached hydrogen (secondary N) is 1. The molecule has 1 amide bonds. The first-order valence-electron chi connectivity index (χ1n) is 7.60. The first-order chi connectivity index (χ1) is 12.2. The Morgan fingerprint density at radius 3 is 2.64 bits per heavy atom. The number of aromatic nitrogens is 2. The van der Waals surface area contributed by atoms with Gasteiger partial charge in [-0.25, -0.2) is 4.98 Å². The maximum absolute atomic E-state index is 12.5. The van der Waals surface area contributed by atoms with Crippen LogP contribution in [0.4, 0.5) is 5.13 Å². The topological polar surface area (TPSA) is 75.1 Å². The van der Waals surface area contributed by atoms with Crippen molar-refractivity contribution in [3.05, 3.63) is 71.9 Å². The zero-order chi connectivity index (χ0) is 17.2. The number of thiazole rings is 1.